The number of hydrogen-bond donors (Lipinski definition) is 0. The van der Waals surface area contributed by atoms with E-state index in [4.69, 9.17) is 0 Å². The van der Waals surface area contributed by atoms with Crippen molar-refractivity contribution >= 4 is 5.78 Å². The minimum absolute atomic E-state index is 0.142. The summed E-state index contributed by atoms with van der Waals surface area (Å²) < 4.78 is 0. The molecule has 0 amide bonds. The van der Waals surface area contributed by atoms with Gasteiger partial charge in [-0.05, 0) is 31.8 Å². The molecule has 0 saturated heterocycles. The molecule has 0 aliphatic rings. The molecule has 0 bridgehead atoms. The van der Waals surface area contributed by atoms with Crippen molar-refractivity contribution in [3.05, 3.63) is 12.2 Å². The largest absolute Gasteiger partial charge is 0.295 e. The Morgan fingerprint density at radius 2 is 2.10 bits per heavy atom. The van der Waals surface area contributed by atoms with Crippen LogP contribution in [0.25, 0.3) is 0 Å². The Morgan fingerprint density at radius 3 is 2.50 bits per heavy atom. The third-order valence-electron chi connectivity index (χ3n) is 1.26. The smallest absolute Gasteiger partial charge is 0.152 e. The lowest BCUT2D eigenvalue weighted by Crippen LogP contribution is -1.85. The number of allylic oxidation sites excluding steroid dienone is 2. The predicted molar refractivity (Wildman–Crippen MR) is 43.9 cm³/mol. The molecule has 1 heteroatoms. The lowest BCUT2D eigenvalue weighted by atomic mass is 10.1. The second-order valence-corrected chi connectivity index (χ2v) is 2.98. The summed E-state index contributed by atoms with van der Waals surface area (Å²) in [6, 6.07) is 0. The highest BCUT2D eigenvalue weighted by Gasteiger charge is 1.89. The summed E-state index contributed by atoms with van der Waals surface area (Å²) >= 11 is 0. The Kier molecular flexibility index (Phi) is 4.91. The Bertz CT molecular complexity index is 123. The first-order chi connectivity index (χ1) is 4.63. The highest BCUT2D eigenvalue weighted by atomic mass is 16.1. The van der Waals surface area contributed by atoms with Crippen molar-refractivity contribution in [2.75, 3.05) is 0 Å². The zero-order chi connectivity index (χ0) is 7.98. The van der Waals surface area contributed by atoms with Crippen LogP contribution in [0.3, 0.4) is 0 Å². The summed E-state index contributed by atoms with van der Waals surface area (Å²) in [5.74, 6) is 0.875. The van der Waals surface area contributed by atoms with Gasteiger partial charge >= 0.3 is 0 Å². The van der Waals surface area contributed by atoms with E-state index in [-0.39, 0.29) is 5.78 Å². The molecule has 0 aromatic rings. The standard InChI is InChI=1S/C9H16O/c1-8(2)6-4-5-7-9(3)10/h5,7-8H,4,6H2,1-3H3/b7-5+. The van der Waals surface area contributed by atoms with Crippen LogP contribution in [0.2, 0.25) is 0 Å². The van der Waals surface area contributed by atoms with Crippen molar-refractivity contribution in [3.8, 4) is 0 Å². The number of carbonyl (C=O) groups excluding carboxylic acids is 1. The minimum atomic E-state index is 0.142. The first-order valence-electron chi connectivity index (χ1n) is 3.80. The zero-order valence-electron chi connectivity index (χ0n) is 7.05. The van der Waals surface area contributed by atoms with E-state index >= 15 is 0 Å². The third kappa shape index (κ3) is 7.41. The fraction of sp³-hybridized carbons (Fsp3) is 0.667. The van der Waals surface area contributed by atoms with Crippen LogP contribution in [0.1, 0.15) is 33.6 Å². The molecular weight excluding hydrogens is 124 g/mol. The molecular formula is C9H16O. The van der Waals surface area contributed by atoms with Gasteiger partial charge in [0.25, 0.3) is 0 Å². The van der Waals surface area contributed by atoms with Gasteiger partial charge in [-0.1, -0.05) is 19.9 Å². The molecule has 1 nitrogen and oxygen atoms in total. The molecule has 0 unspecified atom stereocenters. The van der Waals surface area contributed by atoms with Crippen LogP contribution >= 0.6 is 0 Å². The fourth-order valence-electron chi connectivity index (χ4n) is 0.679. The van der Waals surface area contributed by atoms with Crippen LogP contribution in [-0.4, -0.2) is 5.78 Å². The number of hydrogen-bond acceptors (Lipinski definition) is 1. The lowest BCUT2D eigenvalue weighted by molar-refractivity contribution is -0.112. The minimum Gasteiger partial charge on any atom is -0.295 e. The van der Waals surface area contributed by atoms with E-state index in [9.17, 15) is 4.79 Å². The van der Waals surface area contributed by atoms with Gasteiger partial charge in [0.1, 0.15) is 0 Å². The summed E-state index contributed by atoms with van der Waals surface area (Å²) in [5.41, 5.74) is 0. The average Bonchev–Trinajstić information content (AvgIpc) is 1.79. The predicted octanol–water partition coefficient (Wildman–Crippen LogP) is 2.57. The number of ketones is 1. The molecule has 58 valence electrons. The fourth-order valence-corrected chi connectivity index (χ4v) is 0.679. The highest BCUT2D eigenvalue weighted by molar-refractivity contribution is 5.87. The van der Waals surface area contributed by atoms with Crippen LogP contribution in [0.15, 0.2) is 12.2 Å². The molecule has 0 rings (SSSR count). The van der Waals surface area contributed by atoms with Gasteiger partial charge in [-0.2, -0.15) is 0 Å². The van der Waals surface area contributed by atoms with Gasteiger partial charge in [-0.25, -0.2) is 0 Å². The van der Waals surface area contributed by atoms with Gasteiger partial charge in [0, 0.05) is 0 Å². The van der Waals surface area contributed by atoms with E-state index in [0.29, 0.717) is 0 Å². The van der Waals surface area contributed by atoms with E-state index in [1.165, 1.54) is 6.42 Å². The van der Waals surface area contributed by atoms with Gasteiger partial charge in [0.15, 0.2) is 5.78 Å². The quantitative estimate of drug-likeness (QED) is 0.548. The molecule has 0 aromatic carbocycles. The van der Waals surface area contributed by atoms with Gasteiger partial charge < -0.3 is 0 Å². The molecule has 0 fully saturated rings. The average molecular weight is 140 g/mol. The monoisotopic (exact) mass is 140 g/mol. The van der Waals surface area contributed by atoms with E-state index < -0.39 is 0 Å². The lowest BCUT2D eigenvalue weighted by Gasteiger charge is -1.97. The van der Waals surface area contributed by atoms with Gasteiger partial charge in [-0.15, -0.1) is 0 Å². The third-order valence-corrected chi connectivity index (χ3v) is 1.26. The summed E-state index contributed by atoms with van der Waals surface area (Å²) in [6.07, 6.45) is 5.78. The van der Waals surface area contributed by atoms with Crippen LogP contribution in [-0.2, 0) is 4.79 Å². The van der Waals surface area contributed by atoms with E-state index in [1.807, 2.05) is 6.08 Å². The van der Waals surface area contributed by atoms with Crippen molar-refractivity contribution in [3.63, 3.8) is 0 Å². The van der Waals surface area contributed by atoms with Crippen LogP contribution in [0, 0.1) is 5.92 Å². The molecule has 0 atom stereocenters. The van der Waals surface area contributed by atoms with Crippen molar-refractivity contribution in [1.29, 1.82) is 0 Å². The van der Waals surface area contributed by atoms with Crippen molar-refractivity contribution in [1.82, 2.24) is 0 Å². The second-order valence-electron chi connectivity index (χ2n) is 2.98. The number of rotatable bonds is 4. The molecule has 0 N–H and O–H groups in total. The maximum atomic E-state index is 10.4. The SMILES string of the molecule is CC(=O)/C=C/CCC(C)C. The highest BCUT2D eigenvalue weighted by Crippen LogP contribution is 2.03. The summed E-state index contributed by atoms with van der Waals surface area (Å²) in [7, 11) is 0. The molecule has 0 heterocycles. The molecule has 10 heavy (non-hydrogen) atoms. The Labute approximate surface area is 63.1 Å². The first kappa shape index (κ1) is 9.41. The van der Waals surface area contributed by atoms with Crippen molar-refractivity contribution < 1.29 is 4.79 Å². The Balaban J connectivity index is 3.27. The summed E-state index contributed by atoms with van der Waals surface area (Å²) in [5, 5.41) is 0. The Morgan fingerprint density at radius 1 is 1.50 bits per heavy atom. The van der Waals surface area contributed by atoms with Gasteiger partial charge in [0.2, 0.25) is 0 Å². The molecule has 0 aliphatic carbocycles. The maximum absolute atomic E-state index is 10.4. The molecule has 0 saturated carbocycles. The number of carbonyl (C=O) groups is 1. The van der Waals surface area contributed by atoms with Gasteiger partial charge in [0.05, 0.1) is 0 Å². The van der Waals surface area contributed by atoms with Gasteiger partial charge in [-0.3, -0.25) is 4.79 Å². The van der Waals surface area contributed by atoms with E-state index in [0.717, 1.165) is 12.3 Å². The second kappa shape index (κ2) is 5.21. The molecule has 0 spiro atoms. The normalized spacial score (nSPS) is 11.2. The summed E-state index contributed by atoms with van der Waals surface area (Å²) in [4.78, 5) is 10.4. The van der Waals surface area contributed by atoms with Crippen LogP contribution in [0.4, 0.5) is 0 Å². The Hall–Kier alpha value is -0.590. The van der Waals surface area contributed by atoms with Crippen LogP contribution in [0.5, 0.6) is 0 Å². The molecule has 0 aliphatic heterocycles. The van der Waals surface area contributed by atoms with Crippen molar-refractivity contribution in [2.24, 2.45) is 5.92 Å². The zero-order valence-corrected chi connectivity index (χ0v) is 7.05. The summed E-state index contributed by atoms with van der Waals surface area (Å²) in [6.45, 7) is 5.94. The van der Waals surface area contributed by atoms with E-state index in [2.05, 4.69) is 13.8 Å². The van der Waals surface area contributed by atoms with Crippen molar-refractivity contribution in [2.45, 2.75) is 33.6 Å². The molecule has 0 radical (unpaired) electrons. The van der Waals surface area contributed by atoms with Crippen LogP contribution < -0.4 is 0 Å². The maximum Gasteiger partial charge on any atom is 0.152 e. The first-order valence-corrected chi connectivity index (χ1v) is 3.80. The van der Waals surface area contributed by atoms with E-state index in [1.54, 1.807) is 13.0 Å². The topological polar surface area (TPSA) is 17.1 Å². The molecule has 0 aromatic heterocycles.